The molecular weight excluding hydrogens is 370 g/mol. The highest BCUT2D eigenvalue weighted by Gasteiger charge is 2.43. The smallest absolute Gasteiger partial charge is 0.306 e. The van der Waals surface area contributed by atoms with Crippen molar-refractivity contribution >= 4 is 23.6 Å². The molecule has 0 bridgehead atoms. The molecule has 2 aliphatic rings. The van der Waals surface area contributed by atoms with Crippen LogP contribution in [0.4, 0.5) is 0 Å². The summed E-state index contributed by atoms with van der Waals surface area (Å²) < 4.78 is 0.115. The summed E-state index contributed by atoms with van der Waals surface area (Å²) in [5.41, 5.74) is 2.29. The SMILES string of the molecule is CC(C)(C)SCC1(C(=O)N[C@H]2CC[C@@H](C(=O)O)CC2)CCc2ccccc2C1. The number of amides is 1. The minimum atomic E-state index is -0.702. The van der Waals surface area contributed by atoms with Crippen molar-refractivity contribution in [2.75, 3.05) is 5.75 Å². The quantitative estimate of drug-likeness (QED) is 0.762. The van der Waals surface area contributed by atoms with Crippen molar-refractivity contribution in [3.05, 3.63) is 35.4 Å². The van der Waals surface area contributed by atoms with Crippen molar-refractivity contribution < 1.29 is 14.7 Å². The Bertz CT molecular complexity index is 719. The third-order valence-corrected chi connectivity index (χ3v) is 7.76. The molecule has 0 aliphatic heterocycles. The van der Waals surface area contributed by atoms with E-state index in [2.05, 4.69) is 50.4 Å². The van der Waals surface area contributed by atoms with Crippen LogP contribution in [0.1, 0.15) is 64.0 Å². The van der Waals surface area contributed by atoms with Gasteiger partial charge in [0.15, 0.2) is 0 Å². The van der Waals surface area contributed by atoms with Crippen LogP contribution in [-0.4, -0.2) is 33.5 Å². The fraction of sp³-hybridized carbons (Fsp3) is 0.652. The number of fused-ring (bicyclic) bond motifs is 1. The fourth-order valence-electron chi connectivity index (χ4n) is 4.36. The lowest BCUT2D eigenvalue weighted by Crippen LogP contribution is -2.51. The van der Waals surface area contributed by atoms with Crippen LogP contribution in [0.5, 0.6) is 0 Å². The second kappa shape index (κ2) is 8.48. The zero-order valence-electron chi connectivity index (χ0n) is 17.3. The van der Waals surface area contributed by atoms with Gasteiger partial charge in [-0.05, 0) is 56.1 Å². The number of carboxylic acids is 1. The van der Waals surface area contributed by atoms with Crippen LogP contribution in [0.15, 0.2) is 24.3 Å². The Balaban J connectivity index is 1.72. The largest absolute Gasteiger partial charge is 0.481 e. The highest BCUT2D eigenvalue weighted by atomic mass is 32.2. The second-order valence-corrected chi connectivity index (χ2v) is 11.3. The van der Waals surface area contributed by atoms with Crippen molar-refractivity contribution in [1.82, 2.24) is 5.32 Å². The van der Waals surface area contributed by atoms with Crippen molar-refractivity contribution in [2.24, 2.45) is 11.3 Å². The standard InChI is InChI=1S/C23H33NO3S/c1-22(2,3)28-15-23(13-12-16-6-4-5-7-18(16)14-23)21(27)24-19-10-8-17(9-11-19)20(25)26/h4-7,17,19H,8-15H2,1-3H3,(H,24,27)(H,25,26)/t17-,19+,23?. The van der Waals surface area contributed by atoms with Gasteiger partial charge in [0.25, 0.3) is 0 Å². The van der Waals surface area contributed by atoms with Crippen LogP contribution in [-0.2, 0) is 22.4 Å². The number of benzene rings is 1. The first-order chi connectivity index (χ1) is 13.2. The Labute approximate surface area is 172 Å². The maximum Gasteiger partial charge on any atom is 0.306 e. The maximum atomic E-state index is 13.5. The Kier molecular flexibility index (Phi) is 6.43. The number of carbonyl (C=O) groups excluding carboxylic acids is 1. The molecule has 0 radical (unpaired) electrons. The molecule has 2 aliphatic carbocycles. The van der Waals surface area contributed by atoms with Gasteiger partial charge >= 0.3 is 5.97 Å². The third-order valence-electron chi connectivity index (χ3n) is 6.19. The third kappa shape index (κ3) is 5.11. The van der Waals surface area contributed by atoms with Crippen LogP contribution in [0.25, 0.3) is 0 Å². The van der Waals surface area contributed by atoms with E-state index in [0.717, 1.165) is 37.9 Å². The lowest BCUT2D eigenvalue weighted by atomic mass is 9.71. The van der Waals surface area contributed by atoms with Crippen molar-refractivity contribution in [2.45, 2.75) is 76.5 Å². The van der Waals surface area contributed by atoms with Gasteiger partial charge in [-0.15, -0.1) is 0 Å². The number of hydrogen-bond acceptors (Lipinski definition) is 3. The van der Waals surface area contributed by atoms with Crippen LogP contribution < -0.4 is 5.32 Å². The molecule has 154 valence electrons. The zero-order valence-corrected chi connectivity index (χ0v) is 18.1. The second-order valence-electron chi connectivity index (χ2n) is 9.49. The molecule has 1 unspecified atom stereocenters. The van der Waals surface area contributed by atoms with Gasteiger partial charge in [-0.3, -0.25) is 9.59 Å². The number of nitrogens with one attached hydrogen (secondary N) is 1. The first kappa shape index (κ1) is 21.2. The summed E-state index contributed by atoms with van der Waals surface area (Å²) in [6, 6.07) is 8.60. The summed E-state index contributed by atoms with van der Waals surface area (Å²) in [6.45, 7) is 6.60. The summed E-state index contributed by atoms with van der Waals surface area (Å²) in [6.07, 6.45) is 5.47. The molecule has 0 aromatic heterocycles. The summed E-state index contributed by atoms with van der Waals surface area (Å²) in [5.74, 6) is 0.0329. The average molecular weight is 404 g/mol. The summed E-state index contributed by atoms with van der Waals surface area (Å²) in [7, 11) is 0. The van der Waals surface area contributed by atoms with Gasteiger partial charge < -0.3 is 10.4 Å². The lowest BCUT2D eigenvalue weighted by molar-refractivity contribution is -0.142. The van der Waals surface area contributed by atoms with E-state index in [4.69, 9.17) is 0 Å². The molecule has 1 aromatic carbocycles. The molecule has 5 heteroatoms. The first-order valence-electron chi connectivity index (χ1n) is 10.4. The van der Waals surface area contributed by atoms with Crippen molar-refractivity contribution in [1.29, 1.82) is 0 Å². The van der Waals surface area contributed by atoms with Gasteiger partial charge in [-0.25, -0.2) is 0 Å². The van der Waals surface area contributed by atoms with E-state index < -0.39 is 5.97 Å². The van der Waals surface area contributed by atoms with Gasteiger partial charge in [0.05, 0.1) is 11.3 Å². The summed E-state index contributed by atoms with van der Waals surface area (Å²) in [5, 5.41) is 12.5. The molecule has 0 heterocycles. The molecule has 1 fully saturated rings. The van der Waals surface area contributed by atoms with Gasteiger partial charge in [-0.2, -0.15) is 11.8 Å². The molecule has 0 spiro atoms. The van der Waals surface area contributed by atoms with Crippen LogP contribution in [0, 0.1) is 11.3 Å². The molecular formula is C23H33NO3S. The fourth-order valence-corrected chi connectivity index (χ4v) is 5.45. The molecule has 0 saturated heterocycles. The number of hydrogen-bond donors (Lipinski definition) is 2. The predicted octanol–water partition coefficient (Wildman–Crippen LogP) is 4.45. The first-order valence-corrected chi connectivity index (χ1v) is 11.4. The zero-order chi connectivity index (χ0) is 20.4. The Morgan fingerprint density at radius 3 is 2.39 bits per heavy atom. The summed E-state index contributed by atoms with van der Waals surface area (Å²) in [4.78, 5) is 24.7. The van der Waals surface area contributed by atoms with Gasteiger partial charge in [0, 0.05) is 16.5 Å². The van der Waals surface area contributed by atoms with Crippen LogP contribution in [0.3, 0.4) is 0 Å². The minimum Gasteiger partial charge on any atom is -0.481 e. The van der Waals surface area contributed by atoms with Crippen molar-refractivity contribution in [3.8, 4) is 0 Å². The Morgan fingerprint density at radius 2 is 1.79 bits per heavy atom. The van der Waals surface area contributed by atoms with E-state index in [1.165, 1.54) is 11.1 Å². The van der Waals surface area contributed by atoms with E-state index in [1.54, 1.807) is 0 Å². The Morgan fingerprint density at radius 1 is 1.14 bits per heavy atom. The molecule has 1 amide bonds. The number of carbonyl (C=O) groups is 2. The van der Waals surface area contributed by atoms with Gasteiger partial charge in [0.2, 0.25) is 5.91 Å². The maximum absolute atomic E-state index is 13.5. The summed E-state index contributed by atoms with van der Waals surface area (Å²) >= 11 is 1.87. The average Bonchev–Trinajstić information content (AvgIpc) is 2.66. The number of rotatable bonds is 5. The van der Waals surface area contributed by atoms with E-state index in [-0.39, 0.29) is 28.0 Å². The topological polar surface area (TPSA) is 66.4 Å². The van der Waals surface area contributed by atoms with Gasteiger partial charge in [0.1, 0.15) is 0 Å². The molecule has 3 rings (SSSR count). The number of aryl methyl sites for hydroxylation is 1. The number of carboxylic acid groups (broad SMARTS) is 1. The van der Waals surface area contributed by atoms with Crippen LogP contribution in [0.2, 0.25) is 0 Å². The van der Waals surface area contributed by atoms with E-state index >= 15 is 0 Å². The van der Waals surface area contributed by atoms with Gasteiger partial charge in [-0.1, -0.05) is 45.0 Å². The van der Waals surface area contributed by atoms with Crippen LogP contribution >= 0.6 is 11.8 Å². The lowest BCUT2D eigenvalue weighted by Gasteiger charge is -2.40. The Hall–Kier alpha value is -1.49. The predicted molar refractivity (Wildman–Crippen MR) is 115 cm³/mol. The monoisotopic (exact) mass is 403 g/mol. The number of thioether (sulfide) groups is 1. The highest BCUT2D eigenvalue weighted by Crippen LogP contribution is 2.41. The van der Waals surface area contributed by atoms with E-state index in [1.807, 2.05) is 11.8 Å². The minimum absolute atomic E-state index is 0.108. The molecule has 4 nitrogen and oxygen atoms in total. The molecule has 2 N–H and O–H groups in total. The molecule has 1 saturated carbocycles. The molecule has 28 heavy (non-hydrogen) atoms. The highest BCUT2D eigenvalue weighted by molar-refractivity contribution is 8.00. The molecule has 1 aromatic rings. The van der Waals surface area contributed by atoms with E-state index in [0.29, 0.717) is 12.8 Å². The van der Waals surface area contributed by atoms with E-state index in [9.17, 15) is 14.7 Å². The molecule has 1 atom stereocenters. The van der Waals surface area contributed by atoms with Crippen molar-refractivity contribution in [3.63, 3.8) is 0 Å². The number of aliphatic carboxylic acids is 1. The normalized spacial score (nSPS) is 27.7.